The van der Waals surface area contributed by atoms with Crippen LogP contribution >= 0.6 is 0 Å². The van der Waals surface area contributed by atoms with Crippen LogP contribution in [0.15, 0.2) is 48.5 Å². The molecule has 3 rings (SSSR count). The summed E-state index contributed by atoms with van der Waals surface area (Å²) >= 11 is 0. The number of hydrogen-bond donors (Lipinski definition) is 4. The molecular weight excluding hydrogens is 382 g/mol. The van der Waals surface area contributed by atoms with Gasteiger partial charge in [-0.05, 0) is 43.2 Å². The van der Waals surface area contributed by atoms with Gasteiger partial charge in [-0.25, -0.2) is 4.79 Å². The lowest BCUT2D eigenvalue weighted by atomic mass is 10.1. The van der Waals surface area contributed by atoms with Gasteiger partial charge in [0.2, 0.25) is 5.91 Å². The molecule has 1 saturated heterocycles. The molecule has 0 unspecified atom stereocenters. The molecule has 0 aromatic heterocycles. The molecule has 30 heavy (non-hydrogen) atoms. The van der Waals surface area contributed by atoms with Gasteiger partial charge in [-0.3, -0.25) is 14.5 Å². The van der Waals surface area contributed by atoms with Gasteiger partial charge < -0.3 is 21.3 Å². The van der Waals surface area contributed by atoms with Crippen molar-refractivity contribution in [1.29, 1.82) is 0 Å². The molecule has 8 nitrogen and oxygen atoms in total. The van der Waals surface area contributed by atoms with Crippen molar-refractivity contribution in [2.45, 2.75) is 13.3 Å². The van der Waals surface area contributed by atoms with Gasteiger partial charge in [0.25, 0.3) is 5.91 Å². The van der Waals surface area contributed by atoms with E-state index >= 15 is 0 Å². The lowest BCUT2D eigenvalue weighted by Crippen LogP contribution is -2.48. The number of aryl methyl sites for hydroxylation is 1. The van der Waals surface area contributed by atoms with Crippen LogP contribution in [0.4, 0.5) is 16.2 Å². The van der Waals surface area contributed by atoms with Crippen LogP contribution in [0.5, 0.6) is 0 Å². The molecule has 1 fully saturated rings. The van der Waals surface area contributed by atoms with Crippen LogP contribution < -0.4 is 21.3 Å². The van der Waals surface area contributed by atoms with Crippen LogP contribution in [0.1, 0.15) is 22.3 Å². The van der Waals surface area contributed by atoms with Crippen LogP contribution in [0, 0.1) is 6.92 Å². The smallest absolute Gasteiger partial charge is 0.323 e. The summed E-state index contributed by atoms with van der Waals surface area (Å²) in [6.45, 7) is 5.05. The van der Waals surface area contributed by atoms with Gasteiger partial charge in [-0.15, -0.1) is 0 Å². The Balaban J connectivity index is 1.49. The summed E-state index contributed by atoms with van der Waals surface area (Å²) < 4.78 is 0. The van der Waals surface area contributed by atoms with Crippen LogP contribution in [0.3, 0.4) is 0 Å². The standard InChI is InChI=1S/C22H27N5O3/c1-16-8-9-17(14-19(16)26-22(30)25-18-6-3-2-4-7-18)21(29)24-10-5-12-27-13-11-23-20(28)15-27/h2-4,6-9,14H,5,10-13,15H2,1H3,(H,23,28)(H,24,29)(H2,25,26,30). The van der Waals surface area contributed by atoms with E-state index in [0.29, 0.717) is 36.6 Å². The molecule has 0 atom stereocenters. The highest BCUT2D eigenvalue weighted by Gasteiger charge is 2.15. The number of hydrogen-bond acceptors (Lipinski definition) is 4. The average Bonchev–Trinajstić information content (AvgIpc) is 2.73. The number of amides is 4. The summed E-state index contributed by atoms with van der Waals surface area (Å²) in [5.41, 5.74) is 2.61. The van der Waals surface area contributed by atoms with Crippen molar-refractivity contribution in [3.63, 3.8) is 0 Å². The van der Waals surface area contributed by atoms with Gasteiger partial charge in [0.15, 0.2) is 0 Å². The number of anilines is 2. The first kappa shape index (κ1) is 21.3. The zero-order valence-corrected chi connectivity index (χ0v) is 17.0. The van der Waals surface area contributed by atoms with Crippen LogP contribution in [-0.4, -0.2) is 55.5 Å². The fourth-order valence-corrected chi connectivity index (χ4v) is 3.19. The first-order valence-electron chi connectivity index (χ1n) is 10.0. The fourth-order valence-electron chi connectivity index (χ4n) is 3.19. The minimum absolute atomic E-state index is 0.0428. The van der Waals surface area contributed by atoms with E-state index in [0.717, 1.165) is 25.1 Å². The summed E-state index contributed by atoms with van der Waals surface area (Å²) in [4.78, 5) is 38.2. The van der Waals surface area contributed by atoms with Crippen molar-refractivity contribution in [2.24, 2.45) is 0 Å². The number of carbonyl (C=O) groups is 3. The number of nitrogens with one attached hydrogen (secondary N) is 4. The first-order chi connectivity index (χ1) is 14.5. The molecular formula is C22H27N5O3. The molecule has 0 radical (unpaired) electrons. The maximum absolute atomic E-state index is 12.5. The van der Waals surface area contributed by atoms with Gasteiger partial charge in [-0.1, -0.05) is 24.3 Å². The third-order valence-electron chi connectivity index (χ3n) is 4.83. The van der Waals surface area contributed by atoms with Gasteiger partial charge in [-0.2, -0.15) is 0 Å². The summed E-state index contributed by atoms with van der Waals surface area (Å²) in [5.74, 6) is -0.154. The number of urea groups is 1. The van der Waals surface area contributed by atoms with E-state index < -0.39 is 0 Å². The Labute approximate surface area is 176 Å². The second-order valence-corrected chi connectivity index (χ2v) is 7.21. The van der Waals surface area contributed by atoms with E-state index in [9.17, 15) is 14.4 Å². The summed E-state index contributed by atoms with van der Waals surface area (Å²) in [6.07, 6.45) is 0.759. The van der Waals surface area contributed by atoms with E-state index in [1.807, 2.05) is 25.1 Å². The van der Waals surface area contributed by atoms with E-state index in [1.54, 1.807) is 30.3 Å². The zero-order chi connectivity index (χ0) is 21.3. The zero-order valence-electron chi connectivity index (χ0n) is 17.0. The largest absolute Gasteiger partial charge is 0.354 e. The number of nitrogens with zero attached hydrogens (tertiary/aromatic N) is 1. The molecule has 0 spiro atoms. The molecule has 0 aliphatic carbocycles. The third kappa shape index (κ3) is 6.31. The maximum Gasteiger partial charge on any atom is 0.323 e. The topological polar surface area (TPSA) is 103 Å². The van der Waals surface area contributed by atoms with E-state index in [-0.39, 0.29) is 17.8 Å². The number of benzene rings is 2. The molecule has 4 amide bonds. The molecule has 158 valence electrons. The molecule has 2 aromatic carbocycles. The van der Waals surface area contributed by atoms with Crippen LogP contribution in [0.25, 0.3) is 0 Å². The Morgan fingerprint density at radius 3 is 2.67 bits per heavy atom. The van der Waals surface area contributed by atoms with E-state index in [4.69, 9.17) is 0 Å². The SMILES string of the molecule is Cc1ccc(C(=O)NCCCN2CCNC(=O)C2)cc1NC(=O)Nc1ccccc1. The Hall–Kier alpha value is -3.39. The van der Waals surface area contributed by atoms with Crippen LogP contribution in [-0.2, 0) is 4.79 Å². The molecule has 1 heterocycles. The number of rotatable bonds is 7. The van der Waals surface area contributed by atoms with Gasteiger partial charge >= 0.3 is 6.03 Å². The normalized spacial score (nSPS) is 14.0. The highest BCUT2D eigenvalue weighted by Crippen LogP contribution is 2.17. The lowest BCUT2D eigenvalue weighted by molar-refractivity contribution is -0.124. The third-order valence-corrected chi connectivity index (χ3v) is 4.83. The monoisotopic (exact) mass is 409 g/mol. The fraction of sp³-hybridized carbons (Fsp3) is 0.318. The maximum atomic E-state index is 12.5. The number of carbonyl (C=O) groups excluding carboxylic acids is 3. The van der Waals surface area contributed by atoms with Gasteiger partial charge in [0.05, 0.1) is 6.54 Å². The Kier molecular flexibility index (Phi) is 7.40. The minimum Gasteiger partial charge on any atom is -0.354 e. The van der Waals surface area contributed by atoms with Gasteiger partial charge in [0, 0.05) is 43.1 Å². The molecule has 0 bridgehead atoms. The van der Waals surface area contributed by atoms with Crippen molar-refractivity contribution >= 4 is 29.2 Å². The van der Waals surface area contributed by atoms with Gasteiger partial charge in [0.1, 0.15) is 0 Å². The van der Waals surface area contributed by atoms with E-state index in [2.05, 4.69) is 26.2 Å². The first-order valence-corrected chi connectivity index (χ1v) is 10.0. The Morgan fingerprint density at radius 1 is 1.10 bits per heavy atom. The number of para-hydroxylation sites is 1. The van der Waals surface area contributed by atoms with Crippen molar-refractivity contribution in [3.8, 4) is 0 Å². The molecule has 0 saturated carbocycles. The van der Waals surface area contributed by atoms with E-state index in [1.165, 1.54) is 0 Å². The Morgan fingerprint density at radius 2 is 1.90 bits per heavy atom. The summed E-state index contributed by atoms with van der Waals surface area (Å²) in [7, 11) is 0. The van der Waals surface area contributed by atoms with Crippen molar-refractivity contribution in [2.75, 3.05) is 43.4 Å². The molecule has 2 aromatic rings. The molecule has 1 aliphatic heterocycles. The molecule has 1 aliphatic rings. The second kappa shape index (κ2) is 10.4. The minimum atomic E-state index is -0.368. The second-order valence-electron chi connectivity index (χ2n) is 7.21. The van der Waals surface area contributed by atoms with Crippen molar-refractivity contribution in [3.05, 3.63) is 59.7 Å². The summed E-state index contributed by atoms with van der Waals surface area (Å²) in [5, 5.41) is 11.2. The predicted molar refractivity (Wildman–Crippen MR) is 117 cm³/mol. The number of piperazine rings is 1. The molecule has 8 heteroatoms. The summed E-state index contributed by atoms with van der Waals surface area (Å²) in [6, 6.07) is 14.0. The van der Waals surface area contributed by atoms with Crippen molar-refractivity contribution in [1.82, 2.24) is 15.5 Å². The van der Waals surface area contributed by atoms with Crippen molar-refractivity contribution < 1.29 is 14.4 Å². The highest BCUT2D eigenvalue weighted by atomic mass is 16.2. The predicted octanol–water partition coefficient (Wildman–Crippen LogP) is 2.19. The average molecular weight is 409 g/mol. The quantitative estimate of drug-likeness (QED) is 0.527. The Bertz CT molecular complexity index is 901. The lowest BCUT2D eigenvalue weighted by Gasteiger charge is -2.26. The highest BCUT2D eigenvalue weighted by molar-refractivity contribution is 6.02. The molecule has 4 N–H and O–H groups in total. The van der Waals surface area contributed by atoms with Crippen LogP contribution in [0.2, 0.25) is 0 Å².